The zero-order valence-corrected chi connectivity index (χ0v) is 42.6. The van der Waals surface area contributed by atoms with Crippen molar-refractivity contribution in [2.75, 3.05) is 0 Å². The van der Waals surface area contributed by atoms with Crippen molar-refractivity contribution in [3.63, 3.8) is 0 Å². The molecular weight excluding hydrogens is 974 g/mol. The van der Waals surface area contributed by atoms with Crippen LogP contribution in [0.1, 0.15) is 132 Å². The van der Waals surface area contributed by atoms with Crippen molar-refractivity contribution in [3.8, 4) is 67.5 Å². The third kappa shape index (κ3) is 9.71. The monoisotopic (exact) mass is 1040 g/mol. The van der Waals surface area contributed by atoms with E-state index in [1.165, 1.54) is 0 Å². The summed E-state index contributed by atoms with van der Waals surface area (Å²) in [6.07, 6.45) is 1.86. The summed E-state index contributed by atoms with van der Waals surface area (Å²) in [5.41, 5.74) is 14.9. The Morgan fingerprint density at radius 2 is 1.20 bits per heavy atom. The molecule has 0 fully saturated rings. The second-order valence-corrected chi connectivity index (χ2v) is 21.0. The number of hydrogen-bond donors (Lipinski definition) is 1. The van der Waals surface area contributed by atoms with Crippen LogP contribution in [0.25, 0.3) is 72.7 Å². The Hall–Kier alpha value is -5.57. The SMILES string of the molecule is [2H]C(C)(C)c1ccc(-c2ccnc(-c3[c-]c(-c4cccc5c4nc(-c4cc(C(C)(C)C)cc(C(C)(C)C)c4O)n5-c4cc(-c5ccccc5)cc(C([2H])(C)C)c4)cc(C(C)(C)C)c3)c2)cc1.[Pt]. The molecule has 0 bridgehead atoms. The minimum atomic E-state index is -0.901. The molecule has 0 amide bonds. The second kappa shape index (κ2) is 18.0. The van der Waals surface area contributed by atoms with Gasteiger partial charge in [-0.3, -0.25) is 9.55 Å². The van der Waals surface area contributed by atoms with Gasteiger partial charge < -0.3 is 5.11 Å². The molecule has 4 nitrogen and oxygen atoms in total. The van der Waals surface area contributed by atoms with Crippen LogP contribution >= 0.6 is 0 Å². The van der Waals surface area contributed by atoms with Crippen LogP contribution in [0.5, 0.6) is 5.75 Å². The van der Waals surface area contributed by atoms with E-state index in [1.807, 2.05) is 70.3 Å². The molecule has 0 atom stereocenters. The first-order valence-electron chi connectivity index (χ1n) is 23.5. The van der Waals surface area contributed by atoms with Gasteiger partial charge in [0.25, 0.3) is 0 Å². The van der Waals surface area contributed by atoms with E-state index in [2.05, 4.69) is 164 Å². The van der Waals surface area contributed by atoms with Crippen molar-refractivity contribution in [1.29, 1.82) is 0 Å². The van der Waals surface area contributed by atoms with Crippen LogP contribution < -0.4 is 0 Å². The minimum Gasteiger partial charge on any atom is -0.507 e. The quantitative estimate of drug-likeness (QED) is 0.154. The predicted octanol–water partition coefficient (Wildman–Crippen LogP) is 16.4. The average molecular weight is 1040 g/mol. The first-order chi connectivity index (χ1) is 30.8. The van der Waals surface area contributed by atoms with Crippen molar-refractivity contribution in [2.45, 2.75) is 118 Å². The Balaban J connectivity index is 0.00000666. The molecule has 1 N–H and O–H groups in total. The maximum Gasteiger partial charge on any atom is 0.148 e. The van der Waals surface area contributed by atoms with Crippen LogP contribution in [-0.4, -0.2) is 19.6 Å². The van der Waals surface area contributed by atoms with Crippen LogP contribution in [0.2, 0.25) is 0 Å². The Kier molecular flexibility index (Phi) is 12.4. The molecule has 8 aromatic rings. The number of para-hydroxylation sites is 1. The fraction of sp³-hybridized carbons (Fsp3) is 0.300. The summed E-state index contributed by atoms with van der Waals surface area (Å²) in [5.74, 6) is -0.754. The van der Waals surface area contributed by atoms with Gasteiger partial charge >= 0.3 is 0 Å². The molecule has 2 aromatic heterocycles. The molecule has 0 saturated heterocycles. The molecule has 65 heavy (non-hydrogen) atoms. The molecule has 6 aromatic carbocycles. The molecule has 0 unspecified atom stereocenters. The zero-order chi connectivity index (χ0) is 47.7. The molecule has 5 heteroatoms. The summed E-state index contributed by atoms with van der Waals surface area (Å²) in [4.78, 5) is 10.5. The van der Waals surface area contributed by atoms with Gasteiger partial charge in [0.2, 0.25) is 0 Å². The number of aromatic hydroxyl groups is 1. The summed E-state index contributed by atoms with van der Waals surface area (Å²) in [7, 11) is 0. The number of pyridine rings is 1. The van der Waals surface area contributed by atoms with E-state index < -0.39 is 11.8 Å². The molecule has 0 saturated carbocycles. The van der Waals surface area contributed by atoms with Gasteiger partial charge in [-0.2, -0.15) is 0 Å². The molecule has 0 aliphatic carbocycles. The number of aromatic nitrogens is 3. The van der Waals surface area contributed by atoms with Crippen LogP contribution in [0.3, 0.4) is 0 Å². The fourth-order valence-corrected chi connectivity index (χ4v) is 8.43. The first kappa shape index (κ1) is 44.6. The molecule has 0 aliphatic rings. The van der Waals surface area contributed by atoms with Gasteiger partial charge in [0, 0.05) is 46.9 Å². The summed E-state index contributed by atoms with van der Waals surface area (Å²) in [5, 5.41) is 12.5. The minimum absolute atomic E-state index is 0. The molecule has 2 heterocycles. The third-order valence-corrected chi connectivity index (χ3v) is 12.4. The van der Waals surface area contributed by atoms with Crippen molar-refractivity contribution in [1.82, 2.24) is 14.5 Å². The average Bonchev–Trinajstić information content (AvgIpc) is 3.64. The predicted molar refractivity (Wildman–Crippen MR) is 271 cm³/mol. The third-order valence-electron chi connectivity index (χ3n) is 12.4. The van der Waals surface area contributed by atoms with Crippen LogP contribution in [0.15, 0.2) is 134 Å². The molecule has 0 radical (unpaired) electrons. The molecule has 0 spiro atoms. The first-order valence-corrected chi connectivity index (χ1v) is 22.5. The van der Waals surface area contributed by atoms with Gasteiger partial charge in [0.05, 0.1) is 16.6 Å². The van der Waals surface area contributed by atoms with E-state index >= 15 is 0 Å². The van der Waals surface area contributed by atoms with Crippen LogP contribution in [0, 0.1) is 6.07 Å². The summed E-state index contributed by atoms with van der Waals surface area (Å²) < 4.78 is 20.0. The standard InChI is InChI=1S/C60H64N3O.Pt/c1-37(2)39-22-24-41(25-23-39)42-26-27-61-53(34-42)46-29-45(30-47(31-46)58(5,6)7)50-20-17-21-54-55(50)62-57(51-35-48(59(8,9)10)36-52(56(51)64)60(11,12)13)63(54)49-32-43(38(3)4)28-44(33-49)40-18-15-14-16-19-40;/h14-28,30-38,64H,1-13H3;/q-1;/i37D,38D;. The maximum atomic E-state index is 12.5. The fourth-order valence-electron chi connectivity index (χ4n) is 8.43. The number of phenols is 1. The number of imidazole rings is 1. The molecular formula is C60H64N3OPt-. The number of nitrogens with zero attached hydrogens (tertiary/aromatic N) is 3. The Morgan fingerprint density at radius 1 is 0.569 bits per heavy atom. The van der Waals surface area contributed by atoms with Gasteiger partial charge in [-0.25, -0.2) is 4.98 Å². The van der Waals surface area contributed by atoms with Gasteiger partial charge in [0.1, 0.15) is 11.6 Å². The van der Waals surface area contributed by atoms with E-state index in [1.54, 1.807) is 0 Å². The molecule has 8 rings (SSSR count). The number of phenolic OH excluding ortho intramolecular Hbond substituents is 1. The maximum absolute atomic E-state index is 12.5. The summed E-state index contributed by atoms with van der Waals surface area (Å²) >= 11 is 0. The van der Waals surface area contributed by atoms with E-state index in [4.69, 9.17) is 11.3 Å². The van der Waals surface area contributed by atoms with Gasteiger partial charge in [-0.15, -0.1) is 29.3 Å². The van der Waals surface area contributed by atoms with Crippen molar-refractivity contribution >= 4 is 11.0 Å². The molecule has 336 valence electrons. The van der Waals surface area contributed by atoms with E-state index in [9.17, 15) is 6.48 Å². The smallest absolute Gasteiger partial charge is 0.148 e. The summed E-state index contributed by atoms with van der Waals surface area (Å²) in [6.45, 7) is 27.4. The zero-order valence-electron chi connectivity index (χ0n) is 42.3. The van der Waals surface area contributed by atoms with E-state index in [-0.39, 0.29) is 43.1 Å². The van der Waals surface area contributed by atoms with E-state index in [0.29, 0.717) is 11.4 Å². The molecule has 0 aliphatic heterocycles. The van der Waals surface area contributed by atoms with Crippen molar-refractivity contribution in [3.05, 3.63) is 167 Å². The second-order valence-electron chi connectivity index (χ2n) is 21.0. The van der Waals surface area contributed by atoms with Gasteiger partial charge in [0.15, 0.2) is 0 Å². The Labute approximate surface area is 405 Å². The normalized spacial score (nSPS) is 13.1. The van der Waals surface area contributed by atoms with Crippen LogP contribution in [-0.2, 0) is 37.3 Å². The summed E-state index contributed by atoms with van der Waals surface area (Å²) in [6, 6.07) is 48.0. The van der Waals surface area contributed by atoms with Crippen LogP contribution in [0.4, 0.5) is 0 Å². The Bertz CT molecular complexity index is 3100. The number of fused-ring (bicyclic) bond motifs is 1. The van der Waals surface area contributed by atoms with Crippen molar-refractivity contribution < 1.29 is 28.9 Å². The number of benzene rings is 6. The topological polar surface area (TPSA) is 50.9 Å². The largest absolute Gasteiger partial charge is 0.507 e. The van der Waals surface area contributed by atoms with Gasteiger partial charge in [-0.05, 0) is 97.3 Å². The van der Waals surface area contributed by atoms with Crippen molar-refractivity contribution in [2.24, 2.45) is 0 Å². The van der Waals surface area contributed by atoms with E-state index in [0.717, 1.165) is 89.2 Å². The number of rotatable bonds is 8. The number of hydrogen-bond acceptors (Lipinski definition) is 3. The Morgan fingerprint density at radius 3 is 1.83 bits per heavy atom. The van der Waals surface area contributed by atoms with Gasteiger partial charge in [-0.1, -0.05) is 186 Å².